The molecule has 0 heterocycles. The number of fused-ring (bicyclic) bond motifs is 5. The minimum absolute atomic E-state index is 0.0782. The Labute approximate surface area is 145 Å². The highest BCUT2D eigenvalue weighted by Crippen LogP contribution is 2.66. The quantitative estimate of drug-likeness (QED) is 0.795. The van der Waals surface area contributed by atoms with Crippen molar-refractivity contribution in [1.82, 2.24) is 0 Å². The first-order chi connectivity index (χ1) is 11.3. The molecular weight excluding hydrogens is 300 g/mol. The molecule has 0 spiro atoms. The predicted octanol–water partition coefficient (Wildman–Crippen LogP) is 3.77. The van der Waals surface area contributed by atoms with E-state index in [0.29, 0.717) is 30.0 Å². The first-order valence-corrected chi connectivity index (χ1v) is 9.98. The van der Waals surface area contributed by atoms with Crippen LogP contribution >= 0.6 is 0 Å². The molecule has 4 saturated carbocycles. The van der Waals surface area contributed by atoms with Gasteiger partial charge in [-0.1, -0.05) is 13.8 Å². The largest absolute Gasteiger partial charge is 0.393 e. The molecule has 0 radical (unpaired) electrons. The van der Waals surface area contributed by atoms with Gasteiger partial charge in [0.15, 0.2) is 0 Å². The second-order valence-corrected chi connectivity index (χ2v) is 9.85. The van der Waals surface area contributed by atoms with Gasteiger partial charge in [-0.15, -0.1) is 0 Å². The molecule has 0 aromatic rings. The zero-order valence-corrected chi connectivity index (χ0v) is 15.4. The Morgan fingerprint density at radius 3 is 2.54 bits per heavy atom. The summed E-state index contributed by atoms with van der Waals surface area (Å²) in [6.07, 6.45) is 7.53. The van der Waals surface area contributed by atoms with Crippen LogP contribution in [0.5, 0.6) is 0 Å². The highest BCUT2D eigenvalue weighted by atomic mass is 16.3. The molecule has 3 heteroatoms. The maximum absolute atomic E-state index is 13.3. The third kappa shape index (κ3) is 2.12. The van der Waals surface area contributed by atoms with E-state index in [1.807, 2.05) is 0 Å². The van der Waals surface area contributed by atoms with Crippen LogP contribution in [0.3, 0.4) is 0 Å². The van der Waals surface area contributed by atoms with Crippen molar-refractivity contribution in [3.8, 4) is 0 Å². The second-order valence-electron chi connectivity index (χ2n) is 9.85. The van der Waals surface area contributed by atoms with Crippen LogP contribution in [0, 0.1) is 40.4 Å². The molecule has 0 aromatic heterocycles. The molecule has 4 aliphatic rings. The Kier molecular flexibility index (Phi) is 3.77. The van der Waals surface area contributed by atoms with Crippen molar-refractivity contribution in [2.75, 3.05) is 0 Å². The molecule has 1 N–H and O–H groups in total. The summed E-state index contributed by atoms with van der Waals surface area (Å²) in [4.78, 5) is 25.5. The van der Waals surface area contributed by atoms with Crippen molar-refractivity contribution in [1.29, 1.82) is 0 Å². The lowest BCUT2D eigenvalue weighted by atomic mass is 9.44. The van der Waals surface area contributed by atoms with E-state index in [-0.39, 0.29) is 34.6 Å². The Hall–Kier alpha value is -0.700. The molecule has 134 valence electrons. The average Bonchev–Trinajstić information content (AvgIpc) is 2.84. The maximum Gasteiger partial charge on any atom is 0.137 e. The summed E-state index contributed by atoms with van der Waals surface area (Å²) in [6, 6.07) is 0. The molecule has 3 unspecified atom stereocenters. The number of Topliss-reactive ketones (excluding diaryl/α,β-unsaturated/α-hetero) is 2. The van der Waals surface area contributed by atoms with Gasteiger partial charge in [-0.2, -0.15) is 0 Å². The molecule has 24 heavy (non-hydrogen) atoms. The summed E-state index contributed by atoms with van der Waals surface area (Å²) in [6.45, 7) is 6.28. The van der Waals surface area contributed by atoms with Gasteiger partial charge in [-0.25, -0.2) is 0 Å². The van der Waals surface area contributed by atoms with Crippen molar-refractivity contribution in [3.63, 3.8) is 0 Å². The minimum Gasteiger partial charge on any atom is -0.393 e. The van der Waals surface area contributed by atoms with E-state index in [1.165, 1.54) is 0 Å². The fraction of sp³-hybridized carbons (Fsp3) is 0.905. The number of hydrogen-bond donors (Lipinski definition) is 1. The lowest BCUT2D eigenvalue weighted by Gasteiger charge is -2.59. The Morgan fingerprint density at radius 2 is 1.83 bits per heavy atom. The number of ketones is 2. The van der Waals surface area contributed by atoms with Gasteiger partial charge in [-0.05, 0) is 80.5 Å². The van der Waals surface area contributed by atoms with Gasteiger partial charge >= 0.3 is 0 Å². The molecule has 0 amide bonds. The van der Waals surface area contributed by atoms with Gasteiger partial charge in [0.05, 0.1) is 6.10 Å². The van der Waals surface area contributed by atoms with Gasteiger partial charge in [0.1, 0.15) is 11.6 Å². The zero-order valence-electron chi connectivity index (χ0n) is 15.4. The number of carbonyl (C=O) groups excluding carboxylic acids is 2. The van der Waals surface area contributed by atoms with Crippen LogP contribution < -0.4 is 0 Å². The van der Waals surface area contributed by atoms with E-state index in [1.54, 1.807) is 6.92 Å². The third-order valence-electron chi connectivity index (χ3n) is 8.81. The van der Waals surface area contributed by atoms with Gasteiger partial charge in [0.25, 0.3) is 0 Å². The molecule has 0 saturated heterocycles. The molecule has 4 aliphatic carbocycles. The highest BCUT2D eigenvalue weighted by Gasteiger charge is 2.63. The van der Waals surface area contributed by atoms with Crippen molar-refractivity contribution in [2.45, 2.75) is 78.2 Å². The SMILES string of the molecule is CC(=O)C1CC[C@H]2[C@H]3CC[C@H]4C[C@H](O)CCC4(C)[C@H]3C(=O)CC12C. The average molecular weight is 332 g/mol. The molecule has 0 aliphatic heterocycles. The predicted molar refractivity (Wildman–Crippen MR) is 92.3 cm³/mol. The Bertz CT molecular complexity index is 569. The molecule has 0 bridgehead atoms. The van der Waals surface area contributed by atoms with Crippen LogP contribution in [0.1, 0.15) is 72.1 Å². The summed E-state index contributed by atoms with van der Waals surface area (Å²) in [5.41, 5.74) is -0.0175. The van der Waals surface area contributed by atoms with Crippen molar-refractivity contribution >= 4 is 11.6 Å². The lowest BCUT2D eigenvalue weighted by Crippen LogP contribution is -2.58. The normalized spacial score (nSPS) is 53.9. The van der Waals surface area contributed by atoms with Crippen LogP contribution in [-0.2, 0) is 9.59 Å². The van der Waals surface area contributed by atoms with Gasteiger partial charge in [0.2, 0.25) is 0 Å². The molecular formula is C21H32O3. The lowest BCUT2D eigenvalue weighted by molar-refractivity contribution is -0.162. The Morgan fingerprint density at radius 1 is 1.08 bits per heavy atom. The van der Waals surface area contributed by atoms with E-state index in [9.17, 15) is 14.7 Å². The van der Waals surface area contributed by atoms with Crippen molar-refractivity contribution in [3.05, 3.63) is 0 Å². The number of rotatable bonds is 1. The third-order valence-corrected chi connectivity index (χ3v) is 8.81. The number of aliphatic hydroxyl groups excluding tert-OH is 1. The summed E-state index contributed by atoms with van der Waals surface area (Å²) in [5.74, 6) is 2.48. The first-order valence-electron chi connectivity index (χ1n) is 9.98. The van der Waals surface area contributed by atoms with Crippen LogP contribution in [-0.4, -0.2) is 22.8 Å². The van der Waals surface area contributed by atoms with Gasteiger partial charge in [0, 0.05) is 18.3 Å². The fourth-order valence-electron chi connectivity index (χ4n) is 7.72. The monoisotopic (exact) mass is 332 g/mol. The van der Waals surface area contributed by atoms with Crippen LogP contribution in [0.4, 0.5) is 0 Å². The molecule has 4 fully saturated rings. The zero-order chi connectivity index (χ0) is 17.3. The highest BCUT2D eigenvalue weighted by molar-refractivity contribution is 5.87. The molecule has 3 nitrogen and oxygen atoms in total. The van der Waals surface area contributed by atoms with E-state index in [0.717, 1.165) is 44.9 Å². The molecule has 8 atom stereocenters. The van der Waals surface area contributed by atoms with E-state index in [4.69, 9.17) is 0 Å². The van der Waals surface area contributed by atoms with Crippen molar-refractivity contribution < 1.29 is 14.7 Å². The van der Waals surface area contributed by atoms with E-state index < -0.39 is 0 Å². The Balaban J connectivity index is 1.68. The first kappa shape index (κ1) is 16.8. The van der Waals surface area contributed by atoms with E-state index in [2.05, 4.69) is 13.8 Å². The summed E-state index contributed by atoms with van der Waals surface area (Å²) in [5, 5.41) is 10.1. The van der Waals surface area contributed by atoms with Gasteiger partial charge < -0.3 is 5.11 Å². The minimum atomic E-state index is -0.169. The summed E-state index contributed by atoms with van der Waals surface area (Å²) in [7, 11) is 0. The van der Waals surface area contributed by atoms with Crippen LogP contribution in [0.2, 0.25) is 0 Å². The topological polar surface area (TPSA) is 54.4 Å². The number of aliphatic hydroxyl groups is 1. The fourth-order valence-corrected chi connectivity index (χ4v) is 7.72. The molecule has 0 aromatic carbocycles. The van der Waals surface area contributed by atoms with Crippen molar-refractivity contribution in [2.24, 2.45) is 40.4 Å². The standard InChI is InChI=1S/C21H32O3/c1-12(22)16-6-7-17-15-5-4-13-10-14(23)8-9-20(13,2)19(15)18(24)11-21(16,17)3/h13-17,19,23H,4-11H2,1-3H3/t13-,14+,15+,16?,17-,19+,20?,21?/m0/s1. The van der Waals surface area contributed by atoms with Gasteiger partial charge in [-0.3, -0.25) is 9.59 Å². The molecule has 4 rings (SSSR count). The van der Waals surface area contributed by atoms with E-state index >= 15 is 0 Å². The summed E-state index contributed by atoms with van der Waals surface area (Å²) < 4.78 is 0. The number of hydrogen-bond acceptors (Lipinski definition) is 3. The maximum atomic E-state index is 13.3. The smallest absolute Gasteiger partial charge is 0.137 e. The second kappa shape index (κ2) is 5.40. The van der Waals surface area contributed by atoms with Crippen LogP contribution in [0.15, 0.2) is 0 Å². The van der Waals surface area contributed by atoms with Crippen LogP contribution in [0.25, 0.3) is 0 Å². The number of carbonyl (C=O) groups is 2. The summed E-state index contributed by atoms with van der Waals surface area (Å²) >= 11 is 0.